The van der Waals surface area contributed by atoms with E-state index in [4.69, 9.17) is 5.26 Å². The Morgan fingerprint density at radius 1 is 1.80 bits per heavy atom. The molecule has 0 aromatic heterocycles. The van der Waals surface area contributed by atoms with Crippen LogP contribution in [0.3, 0.4) is 0 Å². The zero-order chi connectivity index (χ0) is 7.82. The highest BCUT2D eigenvalue weighted by Crippen LogP contribution is 1.98. The fourth-order valence-electron chi connectivity index (χ4n) is 0.324. The van der Waals surface area contributed by atoms with Gasteiger partial charge in [-0.1, -0.05) is 5.04 Å². The van der Waals surface area contributed by atoms with Crippen molar-refractivity contribution in [3.8, 4) is 0 Å². The fraction of sp³-hybridized carbons (Fsp3) is 0.750. The lowest BCUT2D eigenvalue weighted by Gasteiger charge is -1.98. The standard InChI is InChI=1S/C4H9NO4S/c1-4(6)5-2-3-10-9-8-7/h7H,2-3H2,1H3,(H,5,6). The van der Waals surface area contributed by atoms with Gasteiger partial charge in [0.2, 0.25) is 5.91 Å². The Labute approximate surface area is 62.8 Å². The van der Waals surface area contributed by atoms with Gasteiger partial charge in [0.15, 0.2) is 0 Å². The summed E-state index contributed by atoms with van der Waals surface area (Å²) in [6.45, 7) is 1.91. The van der Waals surface area contributed by atoms with Crippen LogP contribution in [0.2, 0.25) is 0 Å². The molecule has 5 nitrogen and oxygen atoms in total. The number of amides is 1. The van der Waals surface area contributed by atoms with Gasteiger partial charge in [-0.2, -0.15) is 0 Å². The van der Waals surface area contributed by atoms with Gasteiger partial charge < -0.3 is 5.32 Å². The van der Waals surface area contributed by atoms with E-state index in [1.807, 2.05) is 0 Å². The van der Waals surface area contributed by atoms with Gasteiger partial charge in [-0.15, -0.1) is 4.33 Å². The van der Waals surface area contributed by atoms with Crippen LogP contribution in [0.5, 0.6) is 0 Å². The molecule has 0 aromatic carbocycles. The number of nitrogens with one attached hydrogen (secondary N) is 1. The summed E-state index contributed by atoms with van der Waals surface area (Å²) >= 11 is 0.908. The van der Waals surface area contributed by atoms with Crippen molar-refractivity contribution in [3.05, 3.63) is 0 Å². The molecule has 0 aliphatic heterocycles. The zero-order valence-corrected chi connectivity index (χ0v) is 6.31. The smallest absolute Gasteiger partial charge is 0.216 e. The quantitative estimate of drug-likeness (QED) is 0.265. The Bertz CT molecular complexity index is 99.3. The lowest BCUT2D eigenvalue weighted by molar-refractivity contribution is -0.432. The fourth-order valence-corrected chi connectivity index (χ4v) is 0.621. The highest BCUT2D eigenvalue weighted by atomic mass is 32.2. The van der Waals surface area contributed by atoms with Crippen LogP contribution < -0.4 is 5.32 Å². The van der Waals surface area contributed by atoms with Crippen molar-refractivity contribution in [2.24, 2.45) is 0 Å². The summed E-state index contributed by atoms with van der Waals surface area (Å²) in [6, 6.07) is 0. The molecule has 1 amide bonds. The molecular weight excluding hydrogens is 158 g/mol. The van der Waals surface area contributed by atoms with Crippen LogP contribution in [0, 0.1) is 0 Å². The van der Waals surface area contributed by atoms with Gasteiger partial charge in [-0.3, -0.25) is 4.79 Å². The van der Waals surface area contributed by atoms with Crippen molar-refractivity contribution < 1.29 is 19.4 Å². The van der Waals surface area contributed by atoms with Crippen molar-refractivity contribution in [1.29, 1.82) is 0 Å². The molecule has 0 spiro atoms. The minimum atomic E-state index is -0.0921. The summed E-state index contributed by atoms with van der Waals surface area (Å²) in [5.74, 6) is 0.436. The Morgan fingerprint density at radius 2 is 2.50 bits per heavy atom. The largest absolute Gasteiger partial charge is 0.355 e. The highest BCUT2D eigenvalue weighted by molar-refractivity contribution is 7.94. The van der Waals surface area contributed by atoms with Crippen LogP contribution in [0.4, 0.5) is 0 Å². The van der Waals surface area contributed by atoms with E-state index in [0.717, 1.165) is 12.0 Å². The molecule has 0 heterocycles. The molecule has 2 N–H and O–H groups in total. The minimum absolute atomic E-state index is 0.0921. The van der Waals surface area contributed by atoms with E-state index >= 15 is 0 Å². The van der Waals surface area contributed by atoms with Crippen LogP contribution >= 0.6 is 12.0 Å². The summed E-state index contributed by atoms with van der Waals surface area (Å²) in [5.41, 5.74) is 0. The zero-order valence-electron chi connectivity index (χ0n) is 5.49. The molecule has 0 atom stereocenters. The molecule has 0 saturated heterocycles. The van der Waals surface area contributed by atoms with Gasteiger partial charge in [-0.05, 0) is 0 Å². The van der Waals surface area contributed by atoms with Gasteiger partial charge in [0, 0.05) is 31.3 Å². The maximum absolute atomic E-state index is 10.2. The lowest BCUT2D eigenvalue weighted by atomic mass is 10.6. The molecule has 10 heavy (non-hydrogen) atoms. The molecule has 0 aliphatic carbocycles. The molecular formula is C4H9NO4S. The first-order valence-corrected chi connectivity index (χ1v) is 3.52. The minimum Gasteiger partial charge on any atom is -0.355 e. The number of carbonyl (C=O) groups is 1. The van der Waals surface area contributed by atoms with Crippen LogP contribution in [0.25, 0.3) is 0 Å². The molecule has 0 bridgehead atoms. The third-order valence-electron chi connectivity index (χ3n) is 0.638. The van der Waals surface area contributed by atoms with Gasteiger partial charge in [0.05, 0.1) is 0 Å². The first kappa shape index (κ1) is 9.70. The molecule has 6 heteroatoms. The molecule has 60 valence electrons. The van der Waals surface area contributed by atoms with E-state index in [1.165, 1.54) is 6.92 Å². The van der Waals surface area contributed by atoms with Gasteiger partial charge in [0.25, 0.3) is 0 Å². The normalized spacial score (nSPS) is 9.40. The maximum Gasteiger partial charge on any atom is 0.216 e. The number of hydrogen-bond acceptors (Lipinski definition) is 5. The Morgan fingerprint density at radius 3 is 3.00 bits per heavy atom. The van der Waals surface area contributed by atoms with Crippen LogP contribution in [-0.4, -0.2) is 23.5 Å². The Balaban J connectivity index is 2.84. The second-order valence-electron chi connectivity index (χ2n) is 1.45. The number of rotatable bonds is 5. The van der Waals surface area contributed by atoms with Gasteiger partial charge >= 0.3 is 0 Å². The Kier molecular flexibility index (Phi) is 6.61. The maximum atomic E-state index is 10.2. The molecule has 0 radical (unpaired) electrons. The van der Waals surface area contributed by atoms with E-state index in [0.29, 0.717) is 12.3 Å². The molecule has 0 aliphatic rings. The summed E-state index contributed by atoms with van der Waals surface area (Å²) < 4.78 is 4.04. The predicted octanol–water partition coefficient (Wildman–Crippen LogP) is 0.192. The third kappa shape index (κ3) is 7.70. The third-order valence-corrected chi connectivity index (χ3v) is 1.17. The Hall–Kier alpha value is -0.300. The van der Waals surface area contributed by atoms with Crippen molar-refractivity contribution in [1.82, 2.24) is 5.32 Å². The van der Waals surface area contributed by atoms with Crippen molar-refractivity contribution in [3.63, 3.8) is 0 Å². The second-order valence-corrected chi connectivity index (χ2v) is 2.23. The van der Waals surface area contributed by atoms with E-state index in [9.17, 15) is 4.79 Å². The van der Waals surface area contributed by atoms with Crippen molar-refractivity contribution in [2.45, 2.75) is 6.92 Å². The van der Waals surface area contributed by atoms with E-state index in [1.54, 1.807) is 0 Å². The second kappa shape index (κ2) is 6.81. The lowest BCUT2D eigenvalue weighted by Crippen LogP contribution is -2.22. The topological polar surface area (TPSA) is 67.8 Å². The summed E-state index contributed by atoms with van der Waals surface area (Å²) in [4.78, 5) is 10.2. The summed E-state index contributed by atoms with van der Waals surface area (Å²) in [6.07, 6.45) is 0. The number of carbonyl (C=O) groups excluding carboxylic acids is 1. The molecule has 0 saturated carbocycles. The van der Waals surface area contributed by atoms with E-state index < -0.39 is 0 Å². The van der Waals surface area contributed by atoms with E-state index in [-0.39, 0.29) is 5.91 Å². The molecule has 0 fully saturated rings. The first-order chi connectivity index (χ1) is 4.77. The van der Waals surface area contributed by atoms with Crippen LogP contribution in [0.1, 0.15) is 6.92 Å². The number of hydrogen-bond donors (Lipinski definition) is 2. The van der Waals surface area contributed by atoms with Crippen molar-refractivity contribution in [2.75, 3.05) is 12.3 Å². The monoisotopic (exact) mass is 167 g/mol. The predicted molar refractivity (Wildman–Crippen MR) is 35.9 cm³/mol. The summed E-state index contributed by atoms with van der Waals surface area (Å²) in [5, 5.41) is 13.5. The van der Waals surface area contributed by atoms with Crippen LogP contribution in [-0.2, 0) is 14.2 Å². The van der Waals surface area contributed by atoms with E-state index in [2.05, 4.69) is 14.7 Å². The highest BCUT2D eigenvalue weighted by Gasteiger charge is 1.91. The summed E-state index contributed by atoms with van der Waals surface area (Å²) in [7, 11) is 0. The van der Waals surface area contributed by atoms with Crippen LogP contribution in [0.15, 0.2) is 0 Å². The average molecular weight is 167 g/mol. The SMILES string of the molecule is CC(=O)NCCSOOO. The molecule has 0 unspecified atom stereocenters. The molecule has 0 aromatic rings. The average Bonchev–Trinajstić information content (AvgIpc) is 1.87. The van der Waals surface area contributed by atoms with Gasteiger partial charge in [0.1, 0.15) is 0 Å². The van der Waals surface area contributed by atoms with Gasteiger partial charge in [-0.25, -0.2) is 5.26 Å². The molecule has 0 rings (SSSR count). The van der Waals surface area contributed by atoms with Crippen molar-refractivity contribution >= 4 is 17.9 Å². The first-order valence-electron chi connectivity index (χ1n) is 2.61.